The Morgan fingerprint density at radius 2 is 2.11 bits per heavy atom. The lowest BCUT2D eigenvalue weighted by Gasteiger charge is -1.95. The fraction of sp³-hybridized carbons (Fsp3) is 1.00. The van der Waals surface area contributed by atoms with Crippen molar-refractivity contribution in [2.24, 2.45) is 0 Å². The molecular weight excluding hydrogens is 135 g/mol. The molecule has 9 heavy (non-hydrogen) atoms. The molecule has 0 aliphatic rings. The maximum atomic E-state index is 10.5. The molecule has 0 spiro atoms. The van der Waals surface area contributed by atoms with Crippen molar-refractivity contribution in [2.75, 3.05) is 0 Å². The zero-order valence-electron chi connectivity index (χ0n) is 6.00. The van der Waals surface area contributed by atoms with Crippen LogP contribution in [0.3, 0.4) is 0 Å². The molecule has 0 saturated carbocycles. The summed E-state index contributed by atoms with van der Waals surface area (Å²) in [4.78, 5) is 8.65. The van der Waals surface area contributed by atoms with E-state index >= 15 is 0 Å². The highest BCUT2D eigenvalue weighted by Gasteiger charge is 2.24. The number of rotatable bonds is 4. The zero-order chi connectivity index (χ0) is 7.28. The van der Waals surface area contributed by atoms with Crippen molar-refractivity contribution < 1.29 is 9.46 Å². The van der Waals surface area contributed by atoms with Gasteiger partial charge in [-0.25, -0.2) is 0 Å². The van der Waals surface area contributed by atoms with Gasteiger partial charge >= 0.3 is 8.03 Å². The minimum atomic E-state index is -1.92. The van der Waals surface area contributed by atoms with Crippen LogP contribution in [0.25, 0.3) is 0 Å². The first-order chi connectivity index (χ1) is 4.22. The lowest BCUT2D eigenvalue weighted by Crippen LogP contribution is -1.98. The van der Waals surface area contributed by atoms with Crippen LogP contribution in [0.5, 0.6) is 0 Å². The van der Waals surface area contributed by atoms with Crippen molar-refractivity contribution in [3.05, 3.63) is 0 Å². The van der Waals surface area contributed by atoms with Crippen molar-refractivity contribution in [1.82, 2.24) is 0 Å². The molecule has 0 rings (SSSR count). The predicted molar refractivity (Wildman–Crippen MR) is 38.8 cm³/mol. The molecule has 0 saturated heterocycles. The summed E-state index contributed by atoms with van der Waals surface area (Å²) in [6, 6.07) is 0. The fourth-order valence-corrected chi connectivity index (χ4v) is 1.60. The van der Waals surface area contributed by atoms with Gasteiger partial charge in [0.1, 0.15) is 0 Å². The maximum Gasteiger partial charge on any atom is 0.508 e. The molecule has 0 aromatic carbocycles. The van der Waals surface area contributed by atoms with E-state index in [1.54, 1.807) is 0 Å². The summed E-state index contributed by atoms with van der Waals surface area (Å²) >= 11 is 0. The highest BCUT2D eigenvalue weighted by molar-refractivity contribution is 7.38. The Labute approximate surface area is 57.1 Å². The smallest absolute Gasteiger partial charge is 0.161 e. The molecule has 0 aromatic rings. The Hall–Kier alpha value is 0.0600. The lowest BCUT2D eigenvalue weighted by atomic mass is 10.2. The molecule has 0 heterocycles. The molecule has 0 radical (unpaired) electrons. The fourth-order valence-electron chi connectivity index (χ4n) is 0.804. The monoisotopic (exact) mass is 149 g/mol. The molecule has 1 N–H and O–H groups in total. The van der Waals surface area contributed by atoms with Crippen LogP contribution >= 0.6 is 8.03 Å². The van der Waals surface area contributed by atoms with Gasteiger partial charge in [-0.2, -0.15) is 4.89 Å². The van der Waals surface area contributed by atoms with E-state index < -0.39 is 8.03 Å². The Balaban J connectivity index is 3.54. The molecular formula is C6H14O2P+. The summed E-state index contributed by atoms with van der Waals surface area (Å²) in [5.41, 5.74) is 0.0324. The summed E-state index contributed by atoms with van der Waals surface area (Å²) < 4.78 is 10.5. The highest BCUT2D eigenvalue weighted by Crippen LogP contribution is 2.28. The van der Waals surface area contributed by atoms with Crippen LogP contribution in [-0.4, -0.2) is 10.6 Å². The van der Waals surface area contributed by atoms with Crippen LogP contribution in [0.4, 0.5) is 0 Å². The minimum Gasteiger partial charge on any atom is -0.161 e. The quantitative estimate of drug-likeness (QED) is 0.622. The summed E-state index contributed by atoms with van der Waals surface area (Å²) in [7, 11) is -1.92. The van der Waals surface area contributed by atoms with Gasteiger partial charge in [0.15, 0.2) is 5.66 Å². The van der Waals surface area contributed by atoms with E-state index in [9.17, 15) is 4.57 Å². The summed E-state index contributed by atoms with van der Waals surface area (Å²) in [5, 5.41) is 0. The molecule has 0 fully saturated rings. The molecule has 2 atom stereocenters. The summed E-state index contributed by atoms with van der Waals surface area (Å²) in [6.45, 7) is 3.98. The molecule has 2 unspecified atom stereocenters. The van der Waals surface area contributed by atoms with Crippen LogP contribution in [0, 0.1) is 0 Å². The van der Waals surface area contributed by atoms with Crippen molar-refractivity contribution in [3.63, 3.8) is 0 Å². The van der Waals surface area contributed by atoms with Crippen LogP contribution < -0.4 is 0 Å². The summed E-state index contributed by atoms with van der Waals surface area (Å²) in [5.74, 6) is 0. The van der Waals surface area contributed by atoms with Gasteiger partial charge in [0, 0.05) is 0 Å². The third-order valence-electron chi connectivity index (χ3n) is 1.41. The third-order valence-corrected chi connectivity index (χ3v) is 2.65. The van der Waals surface area contributed by atoms with E-state index in [2.05, 4.69) is 0 Å². The molecule has 2 nitrogen and oxygen atoms in total. The Kier molecular flexibility index (Phi) is 4.93. The maximum absolute atomic E-state index is 10.5. The van der Waals surface area contributed by atoms with E-state index in [0.717, 1.165) is 19.3 Å². The van der Waals surface area contributed by atoms with E-state index in [-0.39, 0.29) is 5.66 Å². The zero-order valence-corrected chi connectivity index (χ0v) is 6.90. The molecule has 0 aliphatic heterocycles. The average molecular weight is 149 g/mol. The van der Waals surface area contributed by atoms with Crippen molar-refractivity contribution >= 4 is 8.03 Å². The third kappa shape index (κ3) is 3.61. The lowest BCUT2D eigenvalue weighted by molar-refractivity contribution is 0.479. The van der Waals surface area contributed by atoms with Crippen LogP contribution in [0.2, 0.25) is 0 Å². The van der Waals surface area contributed by atoms with Gasteiger partial charge in [0.25, 0.3) is 0 Å². The van der Waals surface area contributed by atoms with Gasteiger partial charge in [-0.3, -0.25) is 0 Å². The Morgan fingerprint density at radius 1 is 1.56 bits per heavy atom. The van der Waals surface area contributed by atoms with E-state index in [4.69, 9.17) is 4.89 Å². The SMILES string of the molecule is CCCC(CC)[P+](=O)O. The second-order valence-electron chi connectivity index (χ2n) is 2.15. The van der Waals surface area contributed by atoms with Crippen molar-refractivity contribution in [2.45, 2.75) is 38.8 Å². The Morgan fingerprint density at radius 3 is 2.22 bits per heavy atom. The number of hydrogen-bond acceptors (Lipinski definition) is 1. The second kappa shape index (κ2) is 4.89. The molecule has 0 aromatic heterocycles. The average Bonchev–Trinajstić information content (AvgIpc) is 1.82. The van der Waals surface area contributed by atoms with E-state index in [1.165, 1.54) is 0 Å². The first kappa shape index (κ1) is 9.06. The first-order valence-electron chi connectivity index (χ1n) is 3.37. The van der Waals surface area contributed by atoms with Crippen molar-refractivity contribution in [3.8, 4) is 0 Å². The van der Waals surface area contributed by atoms with Gasteiger partial charge in [0.2, 0.25) is 0 Å². The normalized spacial score (nSPS) is 15.2. The number of hydrogen-bond donors (Lipinski definition) is 1. The van der Waals surface area contributed by atoms with Crippen molar-refractivity contribution in [1.29, 1.82) is 0 Å². The molecule has 3 heteroatoms. The van der Waals surface area contributed by atoms with Gasteiger partial charge in [0.05, 0.1) is 0 Å². The minimum absolute atomic E-state index is 0.0324. The topological polar surface area (TPSA) is 37.3 Å². The van der Waals surface area contributed by atoms with Gasteiger partial charge in [-0.1, -0.05) is 20.3 Å². The van der Waals surface area contributed by atoms with Crippen LogP contribution in [0.1, 0.15) is 33.1 Å². The molecule has 0 bridgehead atoms. The van der Waals surface area contributed by atoms with E-state index in [1.807, 2.05) is 13.8 Å². The largest absolute Gasteiger partial charge is 0.508 e. The second-order valence-corrected chi connectivity index (χ2v) is 3.49. The summed E-state index contributed by atoms with van der Waals surface area (Å²) in [6.07, 6.45) is 2.70. The first-order valence-corrected chi connectivity index (χ1v) is 4.65. The molecule has 0 amide bonds. The van der Waals surface area contributed by atoms with Gasteiger partial charge in [-0.05, 0) is 17.4 Å². The van der Waals surface area contributed by atoms with Crippen LogP contribution in [-0.2, 0) is 4.57 Å². The van der Waals surface area contributed by atoms with Crippen LogP contribution in [0.15, 0.2) is 0 Å². The Bertz CT molecular complexity index is 93.1. The van der Waals surface area contributed by atoms with E-state index in [0.29, 0.717) is 0 Å². The predicted octanol–water partition coefficient (Wildman–Crippen LogP) is 2.30. The highest BCUT2D eigenvalue weighted by atomic mass is 31.1. The van der Waals surface area contributed by atoms with Gasteiger partial charge < -0.3 is 0 Å². The molecule has 54 valence electrons. The molecule has 0 aliphatic carbocycles. The van der Waals surface area contributed by atoms with Gasteiger partial charge in [-0.15, -0.1) is 0 Å². The standard InChI is InChI=1S/C6H13O2P/c1-3-5-6(4-2)9(7)8/h6H,3-5H2,1-2H3/p+1.